The molecule has 0 heteroatoms. The number of rotatable bonds is 1. The summed E-state index contributed by atoms with van der Waals surface area (Å²) in [7, 11) is 0. The van der Waals surface area contributed by atoms with Crippen LogP contribution in [0.25, 0.3) is 0 Å². The van der Waals surface area contributed by atoms with Crippen LogP contribution < -0.4 is 0 Å². The lowest BCUT2D eigenvalue weighted by molar-refractivity contribution is 0.0984. The molecule has 2 aliphatic carbocycles. The molecule has 1 fully saturated rings. The maximum Gasteiger partial charge on any atom is -0.00895 e. The van der Waals surface area contributed by atoms with Gasteiger partial charge in [-0.15, -0.1) is 0 Å². The lowest BCUT2D eigenvalue weighted by Crippen LogP contribution is -2.34. The summed E-state index contributed by atoms with van der Waals surface area (Å²) in [5.41, 5.74) is 0.694. The van der Waals surface area contributed by atoms with Crippen molar-refractivity contribution in [3.63, 3.8) is 0 Å². The van der Waals surface area contributed by atoms with Crippen molar-refractivity contribution in [3.05, 3.63) is 12.2 Å². The predicted molar refractivity (Wildman–Crippen MR) is 39.2 cm³/mol. The molecule has 0 aliphatic heterocycles. The Morgan fingerprint density at radius 3 is 2.89 bits per heavy atom. The number of fused-ring (bicyclic) bond motifs is 1. The van der Waals surface area contributed by atoms with Crippen LogP contribution in [-0.4, -0.2) is 0 Å². The fraction of sp³-hybridized carbons (Fsp3) is 0.778. The van der Waals surface area contributed by atoms with Gasteiger partial charge in [0.25, 0.3) is 0 Å². The van der Waals surface area contributed by atoms with E-state index in [1.807, 2.05) is 0 Å². The molecule has 2 rings (SSSR count). The van der Waals surface area contributed by atoms with E-state index < -0.39 is 0 Å². The van der Waals surface area contributed by atoms with Crippen molar-refractivity contribution < 1.29 is 0 Å². The molecule has 2 aliphatic rings. The third-order valence-corrected chi connectivity index (χ3v) is 3.30. The highest BCUT2D eigenvalue weighted by molar-refractivity contribution is 5.15. The second-order valence-electron chi connectivity index (χ2n) is 3.46. The lowest BCUT2D eigenvalue weighted by Gasteiger charge is -2.44. The van der Waals surface area contributed by atoms with Gasteiger partial charge in [-0.3, -0.25) is 0 Å². The van der Waals surface area contributed by atoms with Gasteiger partial charge >= 0.3 is 0 Å². The normalized spacial score (nSPS) is 46.6. The van der Waals surface area contributed by atoms with Gasteiger partial charge in [0.05, 0.1) is 0 Å². The molecule has 1 saturated carbocycles. The molecule has 0 amide bonds. The minimum Gasteiger partial charge on any atom is -0.0877 e. The van der Waals surface area contributed by atoms with E-state index in [2.05, 4.69) is 19.1 Å². The summed E-state index contributed by atoms with van der Waals surface area (Å²) in [6, 6.07) is 0. The molecular weight excluding hydrogens is 108 g/mol. The quantitative estimate of drug-likeness (QED) is 0.469. The van der Waals surface area contributed by atoms with Gasteiger partial charge in [0.15, 0.2) is 0 Å². The molecule has 0 aromatic rings. The maximum absolute atomic E-state index is 2.46. The molecule has 0 N–H and O–H groups in total. The lowest BCUT2D eigenvalue weighted by atomic mass is 9.61. The largest absolute Gasteiger partial charge is 0.0877 e. The zero-order chi connectivity index (χ0) is 6.32. The Morgan fingerprint density at radius 1 is 1.67 bits per heavy atom. The fourth-order valence-corrected chi connectivity index (χ4v) is 2.34. The van der Waals surface area contributed by atoms with E-state index in [9.17, 15) is 0 Å². The van der Waals surface area contributed by atoms with Crippen molar-refractivity contribution in [2.75, 3.05) is 0 Å². The van der Waals surface area contributed by atoms with Crippen molar-refractivity contribution >= 4 is 0 Å². The molecule has 2 unspecified atom stereocenters. The smallest absolute Gasteiger partial charge is 0.00895 e. The Balaban J connectivity index is 2.18. The monoisotopic (exact) mass is 122 g/mol. The number of allylic oxidation sites excluding steroid dienone is 2. The van der Waals surface area contributed by atoms with Gasteiger partial charge in [0, 0.05) is 0 Å². The Kier molecular flexibility index (Phi) is 0.992. The van der Waals surface area contributed by atoms with E-state index in [-0.39, 0.29) is 0 Å². The third kappa shape index (κ3) is 0.540. The van der Waals surface area contributed by atoms with Gasteiger partial charge in [-0.2, -0.15) is 0 Å². The molecule has 0 heterocycles. The summed E-state index contributed by atoms with van der Waals surface area (Å²) in [6.45, 7) is 2.32. The maximum atomic E-state index is 2.46. The highest BCUT2D eigenvalue weighted by Crippen LogP contribution is 2.55. The first-order valence-electron chi connectivity index (χ1n) is 4.05. The van der Waals surface area contributed by atoms with E-state index >= 15 is 0 Å². The first kappa shape index (κ1) is 5.52. The molecule has 0 bridgehead atoms. The Bertz CT molecular complexity index is 142. The van der Waals surface area contributed by atoms with Crippen LogP contribution in [-0.2, 0) is 0 Å². The fourth-order valence-electron chi connectivity index (χ4n) is 2.34. The summed E-state index contributed by atoms with van der Waals surface area (Å²) in [4.78, 5) is 0. The van der Waals surface area contributed by atoms with Crippen molar-refractivity contribution in [2.24, 2.45) is 11.3 Å². The molecule has 9 heavy (non-hydrogen) atoms. The molecular formula is C9H14. The van der Waals surface area contributed by atoms with Crippen LogP contribution in [0.15, 0.2) is 12.2 Å². The van der Waals surface area contributed by atoms with Crippen LogP contribution in [0, 0.1) is 11.3 Å². The van der Waals surface area contributed by atoms with Gasteiger partial charge in [-0.25, -0.2) is 0 Å². The zero-order valence-electron chi connectivity index (χ0n) is 6.06. The van der Waals surface area contributed by atoms with Crippen molar-refractivity contribution in [1.82, 2.24) is 0 Å². The van der Waals surface area contributed by atoms with Gasteiger partial charge in [-0.05, 0) is 37.0 Å². The highest BCUT2D eigenvalue weighted by atomic mass is 14.5. The molecule has 0 radical (unpaired) electrons. The molecule has 50 valence electrons. The minimum absolute atomic E-state index is 0.694. The topological polar surface area (TPSA) is 0 Å². The minimum atomic E-state index is 0.694. The summed E-state index contributed by atoms with van der Waals surface area (Å²) in [5, 5.41) is 0. The van der Waals surface area contributed by atoms with E-state index in [1.54, 1.807) is 0 Å². The van der Waals surface area contributed by atoms with Crippen LogP contribution in [0.3, 0.4) is 0 Å². The van der Waals surface area contributed by atoms with Crippen LogP contribution >= 0.6 is 0 Å². The van der Waals surface area contributed by atoms with E-state index in [4.69, 9.17) is 0 Å². The SMILES string of the molecule is CCC12C=CCC1CC2. The summed E-state index contributed by atoms with van der Waals surface area (Å²) < 4.78 is 0. The van der Waals surface area contributed by atoms with Crippen LogP contribution in [0.2, 0.25) is 0 Å². The average Bonchev–Trinajstić information content (AvgIpc) is 2.10. The van der Waals surface area contributed by atoms with Gasteiger partial charge in [0.2, 0.25) is 0 Å². The molecule has 0 saturated heterocycles. The van der Waals surface area contributed by atoms with Crippen LogP contribution in [0.1, 0.15) is 32.6 Å². The summed E-state index contributed by atoms with van der Waals surface area (Å²) >= 11 is 0. The standard InChI is InChI=1S/C9H14/c1-2-9-6-3-4-8(9)5-7-9/h3,6,8H,2,4-5,7H2,1H3. The average molecular weight is 122 g/mol. The van der Waals surface area contributed by atoms with Gasteiger partial charge in [0.1, 0.15) is 0 Å². The van der Waals surface area contributed by atoms with Crippen molar-refractivity contribution in [3.8, 4) is 0 Å². The summed E-state index contributed by atoms with van der Waals surface area (Å²) in [5.74, 6) is 1.04. The Labute approximate surface area is 57.0 Å². The number of hydrogen-bond donors (Lipinski definition) is 0. The Morgan fingerprint density at radius 2 is 2.56 bits per heavy atom. The first-order valence-corrected chi connectivity index (χ1v) is 4.05. The first-order chi connectivity index (χ1) is 4.37. The predicted octanol–water partition coefficient (Wildman–Crippen LogP) is 2.75. The van der Waals surface area contributed by atoms with Gasteiger partial charge in [-0.1, -0.05) is 19.1 Å². The van der Waals surface area contributed by atoms with Gasteiger partial charge < -0.3 is 0 Å². The zero-order valence-corrected chi connectivity index (χ0v) is 6.06. The highest BCUT2D eigenvalue weighted by Gasteiger charge is 2.44. The van der Waals surface area contributed by atoms with E-state index in [0.29, 0.717) is 5.41 Å². The molecule has 0 spiro atoms. The molecule has 0 nitrogen and oxygen atoms in total. The van der Waals surface area contributed by atoms with Crippen LogP contribution in [0.4, 0.5) is 0 Å². The Hall–Kier alpha value is -0.260. The third-order valence-electron chi connectivity index (χ3n) is 3.30. The van der Waals surface area contributed by atoms with Crippen LogP contribution in [0.5, 0.6) is 0 Å². The van der Waals surface area contributed by atoms with Crippen molar-refractivity contribution in [1.29, 1.82) is 0 Å². The number of hydrogen-bond acceptors (Lipinski definition) is 0. The molecule has 0 aromatic carbocycles. The second-order valence-corrected chi connectivity index (χ2v) is 3.46. The van der Waals surface area contributed by atoms with E-state index in [1.165, 1.54) is 25.7 Å². The molecule has 0 aromatic heterocycles. The molecule has 2 atom stereocenters. The summed E-state index contributed by atoms with van der Waals surface area (Å²) in [6.07, 6.45) is 10.5. The van der Waals surface area contributed by atoms with Crippen molar-refractivity contribution in [2.45, 2.75) is 32.6 Å². The van der Waals surface area contributed by atoms with E-state index in [0.717, 1.165) is 5.92 Å². The second kappa shape index (κ2) is 1.62.